The van der Waals surface area contributed by atoms with Crippen LogP contribution in [0.15, 0.2) is 12.2 Å². The number of thioether (sulfide) groups is 2. The largest absolute Gasteiger partial charge is 0.443 e. The molecule has 0 spiro atoms. The number of ether oxygens (including phenoxy) is 2. The highest BCUT2D eigenvalue weighted by Crippen LogP contribution is 2.68. The first-order chi connectivity index (χ1) is 19.1. The molecule has 4 amide bonds. The number of fused-ring (bicyclic) bond motifs is 1. The van der Waals surface area contributed by atoms with E-state index < -0.39 is 96.6 Å². The molecule has 10 unspecified atom stereocenters. The van der Waals surface area contributed by atoms with Crippen LogP contribution in [0.25, 0.3) is 0 Å². The van der Waals surface area contributed by atoms with Gasteiger partial charge in [0.05, 0.1) is 23.7 Å². The maximum atomic E-state index is 13.4. The van der Waals surface area contributed by atoms with Crippen LogP contribution >= 0.6 is 35.9 Å². The number of nitrogens with zero attached hydrogens (tertiary/aromatic N) is 2. The summed E-state index contributed by atoms with van der Waals surface area (Å²) in [6, 6.07) is -1.69. The minimum absolute atomic E-state index is 0. The first-order valence-corrected chi connectivity index (χ1v) is 16.1. The smallest absolute Gasteiger partial charge is 0.324 e. The molecular weight excluding hydrogens is 596 g/mol. The van der Waals surface area contributed by atoms with Crippen molar-refractivity contribution >= 4 is 71.5 Å². The maximum absolute atomic E-state index is 13.4. The number of rotatable bonds is 12. The molecule has 2 bridgehead atoms. The van der Waals surface area contributed by atoms with E-state index in [-0.39, 0.29) is 24.2 Å². The molecule has 6 rings (SSSR count). The number of carbonyl (C=O) groups is 6. The average Bonchev–Trinajstić information content (AvgIpc) is 3.30. The molecule has 2 aliphatic heterocycles. The van der Waals surface area contributed by atoms with Crippen molar-refractivity contribution < 1.29 is 38.2 Å². The molecule has 0 aromatic rings. The molecule has 0 aromatic heterocycles. The van der Waals surface area contributed by atoms with Gasteiger partial charge in [-0.2, -0.15) is 23.5 Å². The highest BCUT2D eigenvalue weighted by molar-refractivity contribution is 7.98. The third-order valence-electron chi connectivity index (χ3n) is 9.07. The van der Waals surface area contributed by atoms with Crippen LogP contribution in [0.5, 0.6) is 0 Å². The minimum atomic E-state index is -0.846. The van der Waals surface area contributed by atoms with Crippen molar-refractivity contribution in [3.8, 4) is 0 Å². The van der Waals surface area contributed by atoms with Crippen LogP contribution < -0.4 is 11.5 Å². The first kappa shape index (κ1) is 31.8. The summed E-state index contributed by atoms with van der Waals surface area (Å²) in [5, 5.41) is 0. The molecule has 6 aliphatic rings. The van der Waals surface area contributed by atoms with E-state index in [1.54, 1.807) is 23.5 Å². The standard InChI is InChI=1S/C26H34N4O8S2.ClH/c1-39-7-5-13(27)25(35)37-9-29-21(31)17-11-3-4-12(18(17)22(29)32)16-15(11)19-20(16)24(34)30(23(19)33)10-38-26(36)14(28)6-8-40-2;/h3-4,11-20H,5-10,27-28H2,1-2H3;1H. The summed E-state index contributed by atoms with van der Waals surface area (Å²) in [7, 11) is 0. The zero-order valence-electron chi connectivity index (χ0n) is 22.7. The number of likely N-dealkylation sites (tertiary alicyclic amines) is 2. The topological polar surface area (TPSA) is 179 Å². The van der Waals surface area contributed by atoms with Gasteiger partial charge in [-0.15, -0.1) is 12.4 Å². The van der Waals surface area contributed by atoms with Crippen molar-refractivity contribution in [1.82, 2.24) is 9.80 Å². The Morgan fingerprint density at radius 1 is 0.732 bits per heavy atom. The summed E-state index contributed by atoms with van der Waals surface area (Å²) in [6.45, 7) is -1.00. The molecule has 0 radical (unpaired) electrons. The summed E-state index contributed by atoms with van der Waals surface area (Å²) in [5.41, 5.74) is 11.7. The predicted octanol–water partition coefficient (Wildman–Crippen LogP) is -0.165. The van der Waals surface area contributed by atoms with E-state index >= 15 is 0 Å². The van der Waals surface area contributed by atoms with Gasteiger partial charge >= 0.3 is 11.9 Å². The van der Waals surface area contributed by atoms with Crippen LogP contribution in [0.3, 0.4) is 0 Å². The van der Waals surface area contributed by atoms with E-state index in [9.17, 15) is 28.8 Å². The molecule has 4 N–H and O–H groups in total. The number of esters is 2. The van der Waals surface area contributed by atoms with Gasteiger partial charge in [0, 0.05) is 0 Å². The normalized spacial score (nSPS) is 34.0. The Morgan fingerprint density at radius 2 is 1.07 bits per heavy atom. The minimum Gasteiger partial charge on any atom is -0.443 e. The molecule has 2 saturated heterocycles. The summed E-state index contributed by atoms with van der Waals surface area (Å²) in [5.74, 6) is -5.74. The Balaban J connectivity index is 0.00000387. The Labute approximate surface area is 252 Å². The summed E-state index contributed by atoms with van der Waals surface area (Å²) >= 11 is 3.08. The van der Waals surface area contributed by atoms with E-state index in [4.69, 9.17) is 20.9 Å². The van der Waals surface area contributed by atoms with Crippen LogP contribution in [0.2, 0.25) is 0 Å². The van der Waals surface area contributed by atoms with Crippen LogP contribution in [-0.2, 0) is 38.2 Å². The van der Waals surface area contributed by atoms with E-state index in [2.05, 4.69) is 0 Å². The maximum Gasteiger partial charge on any atom is 0.324 e. The van der Waals surface area contributed by atoms with E-state index in [1.165, 1.54) is 0 Å². The molecule has 0 aromatic carbocycles. The molecule has 41 heavy (non-hydrogen) atoms. The van der Waals surface area contributed by atoms with Crippen LogP contribution in [0, 0.1) is 47.3 Å². The number of nitrogens with two attached hydrogens (primary N) is 2. The molecular formula is C26H35ClN4O8S2. The number of hydrogen-bond acceptors (Lipinski definition) is 12. The second kappa shape index (κ2) is 12.6. The molecule has 10 atom stereocenters. The third kappa shape index (κ3) is 5.19. The predicted molar refractivity (Wildman–Crippen MR) is 152 cm³/mol. The van der Waals surface area contributed by atoms with Gasteiger partial charge in [0.1, 0.15) is 12.1 Å². The van der Waals surface area contributed by atoms with E-state index in [0.717, 1.165) is 9.80 Å². The highest BCUT2D eigenvalue weighted by Gasteiger charge is 2.75. The SMILES string of the molecule is CSCCC(N)C(=O)OCN1C(=O)C2C3C=CC(C2C1=O)C1C2C(=O)N(COC(=O)C(N)CCSC)C(=O)C2C31.Cl. The van der Waals surface area contributed by atoms with Crippen molar-refractivity contribution in [2.75, 3.05) is 37.5 Å². The fourth-order valence-electron chi connectivity index (χ4n) is 7.17. The highest BCUT2D eigenvalue weighted by atomic mass is 35.5. The van der Waals surface area contributed by atoms with E-state index in [1.807, 2.05) is 24.7 Å². The molecule has 15 heteroatoms. The van der Waals surface area contributed by atoms with Crippen molar-refractivity contribution in [2.24, 2.45) is 58.8 Å². The molecule has 226 valence electrons. The average molecular weight is 631 g/mol. The number of hydrogen-bond donors (Lipinski definition) is 2. The Bertz CT molecular complexity index is 1100. The number of carbonyl (C=O) groups excluding carboxylic acids is 6. The van der Waals surface area contributed by atoms with Gasteiger partial charge in [-0.05, 0) is 60.5 Å². The molecule has 2 saturated carbocycles. The van der Waals surface area contributed by atoms with Crippen molar-refractivity contribution in [3.63, 3.8) is 0 Å². The van der Waals surface area contributed by atoms with Crippen LogP contribution in [0.1, 0.15) is 12.8 Å². The number of amides is 4. The molecule has 4 fully saturated rings. The lowest BCUT2D eigenvalue weighted by molar-refractivity contribution is -0.166. The second-order valence-corrected chi connectivity index (χ2v) is 12.9. The van der Waals surface area contributed by atoms with Crippen LogP contribution in [0.4, 0.5) is 0 Å². The third-order valence-corrected chi connectivity index (χ3v) is 10.4. The lowest BCUT2D eigenvalue weighted by Gasteiger charge is -2.60. The Kier molecular flexibility index (Phi) is 9.79. The van der Waals surface area contributed by atoms with Gasteiger partial charge in [-0.25, -0.2) is 9.80 Å². The van der Waals surface area contributed by atoms with Gasteiger partial charge in [-0.1, -0.05) is 12.2 Å². The monoisotopic (exact) mass is 630 g/mol. The van der Waals surface area contributed by atoms with Crippen LogP contribution in [-0.4, -0.2) is 94.9 Å². The van der Waals surface area contributed by atoms with Gasteiger partial charge in [0.2, 0.25) is 23.6 Å². The summed E-state index contributed by atoms with van der Waals surface area (Å²) < 4.78 is 10.4. The van der Waals surface area contributed by atoms with Crippen molar-refractivity contribution in [2.45, 2.75) is 24.9 Å². The lowest BCUT2D eigenvalue weighted by Crippen LogP contribution is -2.63. The second-order valence-electron chi connectivity index (χ2n) is 11.0. The number of halogens is 1. The van der Waals surface area contributed by atoms with E-state index in [0.29, 0.717) is 24.3 Å². The van der Waals surface area contributed by atoms with Crippen molar-refractivity contribution in [1.29, 1.82) is 0 Å². The fraction of sp³-hybridized carbons (Fsp3) is 0.692. The summed E-state index contributed by atoms with van der Waals surface area (Å²) in [4.78, 5) is 79.9. The number of imide groups is 2. The fourth-order valence-corrected chi connectivity index (χ4v) is 8.15. The zero-order chi connectivity index (χ0) is 28.9. The first-order valence-electron chi connectivity index (χ1n) is 13.3. The summed E-state index contributed by atoms with van der Waals surface area (Å²) in [6.07, 6.45) is 8.38. The van der Waals surface area contributed by atoms with Gasteiger partial charge in [0.15, 0.2) is 13.5 Å². The molecule has 2 heterocycles. The Hall–Kier alpha value is -2.13. The van der Waals surface area contributed by atoms with Gasteiger partial charge < -0.3 is 20.9 Å². The number of allylic oxidation sites excluding steroid dienone is 2. The van der Waals surface area contributed by atoms with Crippen molar-refractivity contribution in [3.05, 3.63) is 12.2 Å². The van der Waals surface area contributed by atoms with Gasteiger partial charge in [0.25, 0.3) is 0 Å². The molecule has 12 nitrogen and oxygen atoms in total. The van der Waals surface area contributed by atoms with Gasteiger partial charge in [-0.3, -0.25) is 28.8 Å². The Morgan fingerprint density at radius 3 is 1.41 bits per heavy atom. The zero-order valence-corrected chi connectivity index (χ0v) is 25.2. The molecule has 4 aliphatic carbocycles. The quantitative estimate of drug-likeness (QED) is 0.165. The lowest BCUT2D eigenvalue weighted by atomic mass is 9.40.